The summed E-state index contributed by atoms with van der Waals surface area (Å²) in [5, 5.41) is 0.590. The predicted octanol–water partition coefficient (Wildman–Crippen LogP) is 4.59. The molecule has 0 aliphatic rings. The molecule has 26 heavy (non-hydrogen) atoms. The van der Waals surface area contributed by atoms with E-state index in [0.29, 0.717) is 22.9 Å². The van der Waals surface area contributed by atoms with Gasteiger partial charge in [0.25, 0.3) is 0 Å². The van der Waals surface area contributed by atoms with Crippen molar-refractivity contribution in [3.8, 4) is 5.75 Å². The number of nitrogens with zero attached hydrogens (tertiary/aromatic N) is 1. The Morgan fingerprint density at radius 1 is 1.08 bits per heavy atom. The number of ether oxygens (including phenoxy) is 1. The van der Waals surface area contributed by atoms with Crippen LogP contribution in [-0.2, 0) is 11.3 Å². The highest BCUT2D eigenvalue weighted by Gasteiger charge is 2.16. The van der Waals surface area contributed by atoms with Crippen molar-refractivity contribution < 1.29 is 14.3 Å². The number of rotatable bonds is 7. The first-order valence-corrected chi connectivity index (χ1v) is 8.86. The summed E-state index contributed by atoms with van der Waals surface area (Å²) in [5.74, 6) is 0.583. The highest BCUT2D eigenvalue weighted by atomic mass is 35.5. The average molecular weight is 374 g/mol. The van der Waals surface area contributed by atoms with Crippen molar-refractivity contribution in [1.82, 2.24) is 4.90 Å². The van der Waals surface area contributed by atoms with Crippen molar-refractivity contribution in [2.75, 3.05) is 14.2 Å². The van der Waals surface area contributed by atoms with E-state index in [9.17, 15) is 9.59 Å². The molecule has 2 aromatic carbocycles. The van der Waals surface area contributed by atoms with Crippen LogP contribution in [0.5, 0.6) is 5.75 Å². The van der Waals surface area contributed by atoms with E-state index in [1.807, 2.05) is 32.0 Å². The number of hydrogen-bond donors (Lipinski definition) is 0. The molecule has 0 aliphatic heterocycles. The Labute approximate surface area is 159 Å². The monoisotopic (exact) mass is 373 g/mol. The topological polar surface area (TPSA) is 46.6 Å². The second-order valence-corrected chi connectivity index (χ2v) is 6.88. The first kappa shape index (κ1) is 20.0. The van der Waals surface area contributed by atoms with Gasteiger partial charge in [-0.25, -0.2) is 0 Å². The van der Waals surface area contributed by atoms with Gasteiger partial charge in [0, 0.05) is 42.6 Å². The van der Waals surface area contributed by atoms with E-state index in [0.717, 1.165) is 16.7 Å². The molecule has 4 nitrogen and oxygen atoms in total. The number of amides is 1. The van der Waals surface area contributed by atoms with Crippen LogP contribution in [0.3, 0.4) is 0 Å². The summed E-state index contributed by atoms with van der Waals surface area (Å²) >= 11 is 6.03. The van der Waals surface area contributed by atoms with Crippen molar-refractivity contribution in [2.24, 2.45) is 0 Å². The van der Waals surface area contributed by atoms with E-state index < -0.39 is 0 Å². The normalized spacial score (nSPS) is 10.5. The van der Waals surface area contributed by atoms with Gasteiger partial charge in [-0.15, -0.1) is 0 Å². The van der Waals surface area contributed by atoms with Crippen LogP contribution >= 0.6 is 11.6 Å². The molecule has 0 unspecified atom stereocenters. The lowest BCUT2D eigenvalue weighted by atomic mass is 9.99. The zero-order valence-electron chi connectivity index (χ0n) is 15.6. The average Bonchev–Trinajstić information content (AvgIpc) is 2.61. The number of aryl methyl sites for hydroxylation is 2. The molecule has 0 radical (unpaired) electrons. The molecule has 0 saturated heterocycles. The Balaban J connectivity index is 1.98. The van der Waals surface area contributed by atoms with Crippen molar-refractivity contribution in [3.63, 3.8) is 0 Å². The van der Waals surface area contributed by atoms with Gasteiger partial charge in [0.15, 0.2) is 5.78 Å². The molecule has 0 fully saturated rings. The van der Waals surface area contributed by atoms with Crippen LogP contribution in [0, 0.1) is 13.8 Å². The Bertz CT molecular complexity index is 817. The van der Waals surface area contributed by atoms with Gasteiger partial charge in [-0.1, -0.05) is 29.3 Å². The second kappa shape index (κ2) is 8.86. The molecule has 5 heteroatoms. The Morgan fingerprint density at radius 2 is 1.81 bits per heavy atom. The van der Waals surface area contributed by atoms with Gasteiger partial charge in [-0.05, 0) is 43.7 Å². The summed E-state index contributed by atoms with van der Waals surface area (Å²) in [6.07, 6.45) is 0.367. The van der Waals surface area contributed by atoms with Crippen LogP contribution in [-0.4, -0.2) is 30.7 Å². The number of carbonyl (C=O) groups excluding carboxylic acids is 2. The molecule has 0 aromatic heterocycles. The van der Waals surface area contributed by atoms with Gasteiger partial charge in [-0.2, -0.15) is 0 Å². The SMILES string of the molecule is COc1ccc(Cl)cc1CN(C)C(=O)CCC(=O)c1cc(C)ccc1C. The van der Waals surface area contributed by atoms with E-state index in [-0.39, 0.29) is 24.5 Å². The molecular weight excluding hydrogens is 350 g/mol. The fourth-order valence-electron chi connectivity index (χ4n) is 2.80. The standard InChI is InChI=1S/C21H24ClNO3/c1-14-5-6-15(2)18(11-14)19(24)8-10-21(25)23(3)13-16-12-17(22)7-9-20(16)26-4/h5-7,9,11-12H,8,10,13H2,1-4H3. The number of benzene rings is 2. The molecule has 2 rings (SSSR count). The van der Waals surface area contributed by atoms with E-state index in [1.54, 1.807) is 37.3 Å². The molecule has 0 heterocycles. The van der Waals surface area contributed by atoms with Gasteiger partial charge < -0.3 is 9.64 Å². The molecule has 0 N–H and O–H groups in total. The van der Waals surface area contributed by atoms with E-state index in [1.165, 1.54) is 0 Å². The highest BCUT2D eigenvalue weighted by Crippen LogP contribution is 2.24. The predicted molar refractivity (Wildman–Crippen MR) is 104 cm³/mol. The van der Waals surface area contributed by atoms with E-state index >= 15 is 0 Å². The van der Waals surface area contributed by atoms with Crippen LogP contribution in [0.1, 0.15) is 39.9 Å². The van der Waals surface area contributed by atoms with Crippen LogP contribution < -0.4 is 4.74 Å². The van der Waals surface area contributed by atoms with Gasteiger partial charge in [0.05, 0.1) is 7.11 Å². The Kier molecular flexibility index (Phi) is 6.81. The minimum atomic E-state index is -0.0920. The van der Waals surface area contributed by atoms with Crippen molar-refractivity contribution in [3.05, 3.63) is 63.7 Å². The zero-order valence-corrected chi connectivity index (χ0v) is 16.4. The molecular formula is C21H24ClNO3. The third-order valence-corrected chi connectivity index (χ3v) is 4.57. The Hall–Kier alpha value is -2.33. The highest BCUT2D eigenvalue weighted by molar-refractivity contribution is 6.30. The van der Waals surface area contributed by atoms with Crippen LogP contribution in [0.15, 0.2) is 36.4 Å². The lowest BCUT2D eigenvalue weighted by Gasteiger charge is -2.19. The summed E-state index contributed by atoms with van der Waals surface area (Å²) in [6.45, 7) is 4.24. The first-order chi connectivity index (χ1) is 12.3. The molecule has 0 spiro atoms. The smallest absolute Gasteiger partial charge is 0.223 e. The zero-order chi connectivity index (χ0) is 19.3. The van der Waals surface area contributed by atoms with Crippen LogP contribution in [0.25, 0.3) is 0 Å². The maximum Gasteiger partial charge on any atom is 0.223 e. The Morgan fingerprint density at radius 3 is 2.50 bits per heavy atom. The summed E-state index contributed by atoms with van der Waals surface area (Å²) in [7, 11) is 3.29. The summed E-state index contributed by atoms with van der Waals surface area (Å²) in [5.41, 5.74) is 3.49. The van der Waals surface area contributed by atoms with Crippen molar-refractivity contribution in [1.29, 1.82) is 0 Å². The van der Waals surface area contributed by atoms with Crippen LogP contribution in [0.2, 0.25) is 5.02 Å². The minimum Gasteiger partial charge on any atom is -0.496 e. The van der Waals surface area contributed by atoms with Crippen LogP contribution in [0.4, 0.5) is 0 Å². The summed E-state index contributed by atoms with van der Waals surface area (Å²) < 4.78 is 5.31. The van der Waals surface area contributed by atoms with Gasteiger partial charge >= 0.3 is 0 Å². The summed E-state index contributed by atoms with van der Waals surface area (Å²) in [4.78, 5) is 26.4. The number of hydrogen-bond acceptors (Lipinski definition) is 3. The molecule has 2 aromatic rings. The largest absolute Gasteiger partial charge is 0.496 e. The number of ketones is 1. The number of Topliss-reactive ketones (excluding diaryl/α,β-unsaturated/α-hetero) is 1. The fraction of sp³-hybridized carbons (Fsp3) is 0.333. The molecule has 0 aliphatic carbocycles. The van der Waals surface area contributed by atoms with Gasteiger partial charge in [0.2, 0.25) is 5.91 Å². The van der Waals surface area contributed by atoms with Crippen molar-refractivity contribution >= 4 is 23.3 Å². The van der Waals surface area contributed by atoms with Gasteiger partial charge in [0.1, 0.15) is 5.75 Å². The lowest BCUT2D eigenvalue weighted by molar-refractivity contribution is -0.130. The maximum atomic E-state index is 12.4. The molecule has 1 amide bonds. The van der Waals surface area contributed by atoms with Gasteiger partial charge in [-0.3, -0.25) is 9.59 Å². The molecule has 0 saturated carbocycles. The molecule has 0 atom stereocenters. The number of methoxy groups -OCH3 is 1. The minimum absolute atomic E-state index is 0.00622. The molecule has 0 bridgehead atoms. The maximum absolute atomic E-state index is 12.4. The number of halogens is 1. The lowest BCUT2D eigenvalue weighted by Crippen LogP contribution is -2.26. The third kappa shape index (κ3) is 5.09. The van der Waals surface area contributed by atoms with Crippen molar-refractivity contribution in [2.45, 2.75) is 33.2 Å². The molecule has 138 valence electrons. The quantitative estimate of drug-likeness (QED) is 0.667. The fourth-order valence-corrected chi connectivity index (χ4v) is 2.99. The summed E-state index contributed by atoms with van der Waals surface area (Å²) in [6, 6.07) is 11.1. The second-order valence-electron chi connectivity index (χ2n) is 6.45. The van der Waals surface area contributed by atoms with E-state index in [4.69, 9.17) is 16.3 Å². The van der Waals surface area contributed by atoms with E-state index in [2.05, 4.69) is 0 Å². The first-order valence-electron chi connectivity index (χ1n) is 8.48. The third-order valence-electron chi connectivity index (χ3n) is 4.34. The number of carbonyl (C=O) groups is 2.